The summed E-state index contributed by atoms with van der Waals surface area (Å²) in [5.74, 6) is 0.105. The summed E-state index contributed by atoms with van der Waals surface area (Å²) in [7, 11) is 0. The number of amides is 2. The molecule has 0 aliphatic heterocycles. The van der Waals surface area contributed by atoms with E-state index in [9.17, 15) is 9.59 Å². The smallest absolute Gasteiger partial charge is 0.251 e. The molecule has 2 rings (SSSR count). The summed E-state index contributed by atoms with van der Waals surface area (Å²) in [5, 5.41) is 5.56. The van der Waals surface area contributed by atoms with E-state index in [-0.39, 0.29) is 17.9 Å². The molecule has 1 aliphatic rings. The number of anilines is 1. The van der Waals surface area contributed by atoms with E-state index in [2.05, 4.69) is 15.6 Å². The number of carbonyl (C=O) groups excluding carboxylic acids is 2. The number of nitrogens with one attached hydrogen (secondary N) is 2. The lowest BCUT2D eigenvalue weighted by Gasteiger charge is -2.12. The highest BCUT2D eigenvalue weighted by Crippen LogP contribution is 2.18. The molecule has 1 saturated carbocycles. The van der Waals surface area contributed by atoms with Crippen LogP contribution in [-0.4, -0.2) is 22.8 Å². The monoisotopic (exact) mass is 247 g/mol. The van der Waals surface area contributed by atoms with Crippen LogP contribution in [0.15, 0.2) is 18.3 Å². The first kappa shape index (κ1) is 12.5. The van der Waals surface area contributed by atoms with Crippen LogP contribution in [0.2, 0.25) is 0 Å². The maximum absolute atomic E-state index is 12.0. The Labute approximate surface area is 106 Å². The molecule has 0 unspecified atom stereocenters. The summed E-state index contributed by atoms with van der Waals surface area (Å²) in [4.78, 5) is 26.9. The van der Waals surface area contributed by atoms with Crippen LogP contribution in [0.4, 0.5) is 5.82 Å². The van der Waals surface area contributed by atoms with E-state index in [1.165, 1.54) is 26.0 Å². The Morgan fingerprint density at radius 3 is 2.72 bits per heavy atom. The standard InChI is InChI=1S/C13H17N3O2/c1-9(17)15-12-8-10(6-7-14-12)13(18)16-11-4-2-3-5-11/h6-8,11H,2-5H2,1H3,(H,16,18)(H,14,15,17). The van der Waals surface area contributed by atoms with Crippen LogP contribution in [-0.2, 0) is 4.79 Å². The summed E-state index contributed by atoms with van der Waals surface area (Å²) >= 11 is 0. The molecule has 0 aromatic carbocycles. The zero-order valence-corrected chi connectivity index (χ0v) is 10.4. The highest BCUT2D eigenvalue weighted by Gasteiger charge is 2.18. The van der Waals surface area contributed by atoms with Crippen LogP contribution in [0.1, 0.15) is 43.0 Å². The van der Waals surface area contributed by atoms with E-state index < -0.39 is 0 Å². The average molecular weight is 247 g/mol. The fraction of sp³-hybridized carbons (Fsp3) is 0.462. The molecule has 1 aromatic rings. The maximum atomic E-state index is 12.0. The number of carbonyl (C=O) groups is 2. The van der Waals surface area contributed by atoms with Gasteiger partial charge in [-0.1, -0.05) is 12.8 Å². The van der Waals surface area contributed by atoms with Gasteiger partial charge in [0.25, 0.3) is 5.91 Å². The van der Waals surface area contributed by atoms with Crippen molar-refractivity contribution in [1.29, 1.82) is 0 Å². The number of hydrogen-bond donors (Lipinski definition) is 2. The summed E-state index contributed by atoms with van der Waals surface area (Å²) in [6.07, 6.45) is 5.98. The molecule has 96 valence electrons. The minimum absolute atomic E-state index is 0.101. The van der Waals surface area contributed by atoms with Gasteiger partial charge in [0.1, 0.15) is 5.82 Å². The third-order valence-corrected chi connectivity index (χ3v) is 3.02. The van der Waals surface area contributed by atoms with Gasteiger partial charge < -0.3 is 10.6 Å². The largest absolute Gasteiger partial charge is 0.349 e. The molecule has 0 radical (unpaired) electrons. The summed E-state index contributed by atoms with van der Waals surface area (Å²) in [6.45, 7) is 1.41. The number of nitrogens with zero attached hydrogens (tertiary/aromatic N) is 1. The zero-order valence-electron chi connectivity index (χ0n) is 10.4. The van der Waals surface area contributed by atoms with Gasteiger partial charge in [-0.25, -0.2) is 4.98 Å². The Hall–Kier alpha value is -1.91. The topological polar surface area (TPSA) is 71.1 Å². The van der Waals surface area contributed by atoms with Crippen molar-refractivity contribution in [1.82, 2.24) is 10.3 Å². The highest BCUT2D eigenvalue weighted by atomic mass is 16.2. The second-order valence-electron chi connectivity index (χ2n) is 4.57. The molecule has 5 heteroatoms. The fourth-order valence-corrected chi connectivity index (χ4v) is 2.16. The predicted octanol–water partition coefficient (Wildman–Crippen LogP) is 1.71. The van der Waals surface area contributed by atoms with Crippen molar-refractivity contribution in [2.75, 3.05) is 5.32 Å². The molecule has 1 aliphatic carbocycles. The van der Waals surface area contributed by atoms with E-state index in [4.69, 9.17) is 0 Å². The molecular weight excluding hydrogens is 230 g/mol. The fourth-order valence-electron chi connectivity index (χ4n) is 2.16. The van der Waals surface area contributed by atoms with Gasteiger partial charge >= 0.3 is 0 Å². The van der Waals surface area contributed by atoms with Gasteiger partial charge in [0.05, 0.1) is 0 Å². The van der Waals surface area contributed by atoms with Crippen LogP contribution in [0.25, 0.3) is 0 Å². The van der Waals surface area contributed by atoms with Crippen molar-refractivity contribution in [2.24, 2.45) is 0 Å². The van der Waals surface area contributed by atoms with E-state index in [1.54, 1.807) is 12.1 Å². The molecule has 1 heterocycles. The Kier molecular flexibility index (Phi) is 3.92. The number of pyridine rings is 1. The Morgan fingerprint density at radius 1 is 1.33 bits per heavy atom. The van der Waals surface area contributed by atoms with E-state index in [0.717, 1.165) is 12.8 Å². The number of aromatic nitrogens is 1. The Morgan fingerprint density at radius 2 is 2.06 bits per heavy atom. The van der Waals surface area contributed by atoms with E-state index >= 15 is 0 Å². The quantitative estimate of drug-likeness (QED) is 0.854. The van der Waals surface area contributed by atoms with Crippen molar-refractivity contribution < 1.29 is 9.59 Å². The van der Waals surface area contributed by atoms with Crippen molar-refractivity contribution in [3.05, 3.63) is 23.9 Å². The Bertz CT molecular complexity index is 453. The number of hydrogen-bond acceptors (Lipinski definition) is 3. The first-order valence-electron chi connectivity index (χ1n) is 6.19. The maximum Gasteiger partial charge on any atom is 0.251 e. The molecule has 0 spiro atoms. The first-order valence-corrected chi connectivity index (χ1v) is 6.19. The molecule has 0 atom stereocenters. The molecular formula is C13H17N3O2. The van der Waals surface area contributed by atoms with Crippen LogP contribution in [0.5, 0.6) is 0 Å². The van der Waals surface area contributed by atoms with Gasteiger partial charge in [-0.2, -0.15) is 0 Å². The molecule has 18 heavy (non-hydrogen) atoms. The van der Waals surface area contributed by atoms with Gasteiger partial charge in [0.15, 0.2) is 0 Å². The van der Waals surface area contributed by atoms with Gasteiger partial charge in [-0.05, 0) is 25.0 Å². The van der Waals surface area contributed by atoms with Crippen molar-refractivity contribution in [3.8, 4) is 0 Å². The minimum Gasteiger partial charge on any atom is -0.349 e. The second kappa shape index (κ2) is 5.62. The molecule has 1 aromatic heterocycles. The predicted molar refractivity (Wildman–Crippen MR) is 68.3 cm³/mol. The van der Waals surface area contributed by atoms with Crippen molar-refractivity contribution >= 4 is 17.6 Å². The third kappa shape index (κ3) is 3.29. The molecule has 5 nitrogen and oxygen atoms in total. The summed E-state index contributed by atoms with van der Waals surface area (Å²) in [6, 6.07) is 3.52. The lowest BCUT2D eigenvalue weighted by molar-refractivity contribution is -0.114. The molecule has 2 N–H and O–H groups in total. The number of rotatable bonds is 3. The minimum atomic E-state index is -0.198. The third-order valence-electron chi connectivity index (χ3n) is 3.02. The van der Waals surface area contributed by atoms with Crippen LogP contribution >= 0.6 is 0 Å². The lowest BCUT2D eigenvalue weighted by atomic mass is 10.2. The van der Waals surface area contributed by atoms with Gasteiger partial charge in [0.2, 0.25) is 5.91 Å². The van der Waals surface area contributed by atoms with Crippen molar-refractivity contribution in [3.63, 3.8) is 0 Å². The van der Waals surface area contributed by atoms with Gasteiger partial charge in [-0.15, -0.1) is 0 Å². The molecule has 0 bridgehead atoms. The molecule has 0 saturated heterocycles. The lowest BCUT2D eigenvalue weighted by Crippen LogP contribution is -2.32. The average Bonchev–Trinajstić information content (AvgIpc) is 2.81. The van der Waals surface area contributed by atoms with Crippen LogP contribution in [0, 0.1) is 0 Å². The molecule has 1 fully saturated rings. The molecule has 2 amide bonds. The zero-order chi connectivity index (χ0) is 13.0. The van der Waals surface area contributed by atoms with Gasteiger partial charge in [-0.3, -0.25) is 9.59 Å². The van der Waals surface area contributed by atoms with Gasteiger partial charge in [0, 0.05) is 24.7 Å². The van der Waals surface area contributed by atoms with Crippen LogP contribution < -0.4 is 10.6 Å². The van der Waals surface area contributed by atoms with Crippen molar-refractivity contribution in [2.45, 2.75) is 38.6 Å². The summed E-state index contributed by atoms with van der Waals surface area (Å²) < 4.78 is 0. The van der Waals surface area contributed by atoms with E-state index in [1.807, 2.05) is 0 Å². The highest BCUT2D eigenvalue weighted by molar-refractivity contribution is 5.96. The first-order chi connectivity index (χ1) is 8.65. The SMILES string of the molecule is CC(=O)Nc1cc(C(=O)NC2CCCC2)ccn1. The summed E-state index contributed by atoms with van der Waals surface area (Å²) in [5.41, 5.74) is 0.528. The van der Waals surface area contributed by atoms with E-state index in [0.29, 0.717) is 11.4 Å². The second-order valence-corrected chi connectivity index (χ2v) is 4.57. The Balaban J connectivity index is 2.02. The normalized spacial score (nSPS) is 15.4. The van der Waals surface area contributed by atoms with Crippen LogP contribution in [0.3, 0.4) is 0 Å².